The Morgan fingerprint density at radius 2 is 1.67 bits per heavy atom. The van der Waals surface area contributed by atoms with Crippen molar-refractivity contribution in [3.63, 3.8) is 0 Å². The lowest BCUT2D eigenvalue weighted by Crippen LogP contribution is -2.54. The molecule has 1 aliphatic heterocycles. The topological polar surface area (TPSA) is 41.7 Å². The predicted octanol–water partition coefficient (Wildman–Crippen LogP) is 2.11. The van der Waals surface area contributed by atoms with Crippen molar-refractivity contribution in [2.45, 2.75) is 32.4 Å². The third kappa shape index (κ3) is 4.43. The summed E-state index contributed by atoms with van der Waals surface area (Å²) in [6.45, 7) is 12.2. The van der Waals surface area contributed by atoms with Crippen LogP contribution in [0.3, 0.4) is 0 Å². The van der Waals surface area contributed by atoms with Gasteiger partial charge < -0.3 is 10.5 Å². The van der Waals surface area contributed by atoms with Gasteiger partial charge in [0, 0.05) is 44.3 Å². The number of rotatable bonds is 4. The van der Waals surface area contributed by atoms with Crippen molar-refractivity contribution in [3.05, 3.63) is 29.8 Å². The second-order valence-corrected chi connectivity index (χ2v) is 6.84. The Kier molecular flexibility index (Phi) is 5.25. The van der Waals surface area contributed by atoms with Gasteiger partial charge in [-0.25, -0.2) is 0 Å². The van der Waals surface area contributed by atoms with Crippen molar-refractivity contribution in [1.82, 2.24) is 9.80 Å². The molecule has 0 bridgehead atoms. The van der Waals surface area contributed by atoms with Gasteiger partial charge in [0.15, 0.2) is 0 Å². The molecule has 1 atom stereocenters. The third-order valence-electron chi connectivity index (χ3n) is 4.32. The lowest BCUT2D eigenvalue weighted by atomic mass is 10.0. The van der Waals surface area contributed by atoms with E-state index in [0.717, 1.165) is 38.5 Å². The van der Waals surface area contributed by atoms with Gasteiger partial charge in [-0.3, -0.25) is 9.80 Å². The van der Waals surface area contributed by atoms with Crippen molar-refractivity contribution in [2.24, 2.45) is 5.73 Å². The fourth-order valence-electron chi connectivity index (χ4n) is 2.84. The zero-order valence-electron chi connectivity index (χ0n) is 13.8. The molecular formula is C17H29N3O. The fraction of sp³-hybridized carbons (Fsp3) is 0.647. The molecule has 0 aromatic heterocycles. The molecule has 1 saturated heterocycles. The van der Waals surface area contributed by atoms with Gasteiger partial charge in [-0.2, -0.15) is 0 Å². The molecule has 0 aliphatic carbocycles. The molecule has 2 rings (SSSR count). The highest BCUT2D eigenvalue weighted by atomic mass is 16.5. The molecule has 1 aromatic carbocycles. The number of piperazine rings is 1. The zero-order valence-corrected chi connectivity index (χ0v) is 13.8. The largest absolute Gasteiger partial charge is 0.497 e. The summed E-state index contributed by atoms with van der Waals surface area (Å²) in [6, 6.07) is 8.15. The van der Waals surface area contributed by atoms with Crippen molar-refractivity contribution >= 4 is 0 Å². The monoisotopic (exact) mass is 291 g/mol. The molecule has 0 amide bonds. The maximum atomic E-state index is 6.34. The van der Waals surface area contributed by atoms with Gasteiger partial charge in [0.1, 0.15) is 5.75 Å². The van der Waals surface area contributed by atoms with Crippen molar-refractivity contribution in [3.8, 4) is 5.75 Å². The molecule has 4 nitrogen and oxygen atoms in total. The first-order valence-electron chi connectivity index (χ1n) is 7.77. The number of nitrogens with zero attached hydrogens (tertiary/aromatic N) is 2. The highest BCUT2D eigenvalue weighted by molar-refractivity contribution is 5.29. The average Bonchev–Trinajstić information content (AvgIpc) is 2.47. The van der Waals surface area contributed by atoms with Crippen LogP contribution in [0.5, 0.6) is 5.75 Å². The molecule has 1 unspecified atom stereocenters. The number of methoxy groups -OCH3 is 1. The summed E-state index contributed by atoms with van der Waals surface area (Å²) in [5, 5.41) is 0. The molecule has 0 saturated carbocycles. The molecule has 2 N–H and O–H groups in total. The molecule has 1 aliphatic rings. The van der Waals surface area contributed by atoms with Gasteiger partial charge >= 0.3 is 0 Å². The first-order chi connectivity index (χ1) is 9.90. The SMILES string of the molecule is COc1ccc(C(N)CN2CCN(C(C)(C)C)CC2)cc1. The Hall–Kier alpha value is -1.10. The second-order valence-electron chi connectivity index (χ2n) is 6.84. The quantitative estimate of drug-likeness (QED) is 0.922. The van der Waals surface area contributed by atoms with E-state index >= 15 is 0 Å². The standard InChI is InChI=1S/C17H29N3O/c1-17(2,3)20-11-9-19(10-12-20)13-16(18)14-5-7-15(21-4)8-6-14/h5-8,16H,9-13,18H2,1-4H3. The van der Waals surface area contributed by atoms with Crippen LogP contribution in [0.1, 0.15) is 32.4 Å². The maximum Gasteiger partial charge on any atom is 0.118 e. The number of benzene rings is 1. The minimum Gasteiger partial charge on any atom is -0.497 e. The van der Waals surface area contributed by atoms with Crippen LogP contribution in [0.25, 0.3) is 0 Å². The van der Waals surface area contributed by atoms with E-state index < -0.39 is 0 Å². The average molecular weight is 291 g/mol. The van der Waals surface area contributed by atoms with Crippen molar-refractivity contribution in [2.75, 3.05) is 39.8 Å². The summed E-state index contributed by atoms with van der Waals surface area (Å²) in [5.74, 6) is 0.879. The van der Waals surface area contributed by atoms with Gasteiger partial charge in [0.2, 0.25) is 0 Å². The Morgan fingerprint density at radius 3 is 2.14 bits per heavy atom. The van der Waals surface area contributed by atoms with Crippen LogP contribution in [0, 0.1) is 0 Å². The highest BCUT2D eigenvalue weighted by Crippen LogP contribution is 2.19. The molecule has 1 aromatic rings. The fourth-order valence-corrected chi connectivity index (χ4v) is 2.84. The Labute approximate surface area is 128 Å². The van der Waals surface area contributed by atoms with E-state index in [1.807, 2.05) is 12.1 Å². The van der Waals surface area contributed by atoms with E-state index in [-0.39, 0.29) is 11.6 Å². The number of hydrogen-bond acceptors (Lipinski definition) is 4. The summed E-state index contributed by atoms with van der Waals surface area (Å²) < 4.78 is 5.19. The van der Waals surface area contributed by atoms with Crippen LogP contribution in [-0.2, 0) is 0 Å². The van der Waals surface area contributed by atoms with E-state index in [4.69, 9.17) is 10.5 Å². The minimum absolute atomic E-state index is 0.0668. The van der Waals surface area contributed by atoms with Crippen LogP contribution < -0.4 is 10.5 Å². The normalized spacial score (nSPS) is 19.5. The van der Waals surface area contributed by atoms with E-state index in [1.54, 1.807) is 7.11 Å². The Morgan fingerprint density at radius 1 is 1.10 bits per heavy atom. The highest BCUT2D eigenvalue weighted by Gasteiger charge is 2.26. The van der Waals surface area contributed by atoms with E-state index in [1.165, 1.54) is 5.56 Å². The predicted molar refractivity (Wildman–Crippen MR) is 87.7 cm³/mol. The van der Waals surface area contributed by atoms with Crippen LogP contribution in [0.4, 0.5) is 0 Å². The molecule has 4 heteroatoms. The van der Waals surface area contributed by atoms with E-state index in [0.29, 0.717) is 0 Å². The van der Waals surface area contributed by atoms with E-state index in [9.17, 15) is 0 Å². The number of ether oxygens (including phenoxy) is 1. The Bertz CT molecular complexity index is 430. The maximum absolute atomic E-state index is 6.34. The molecule has 118 valence electrons. The van der Waals surface area contributed by atoms with Crippen LogP contribution >= 0.6 is 0 Å². The number of nitrogens with two attached hydrogens (primary N) is 1. The molecule has 21 heavy (non-hydrogen) atoms. The zero-order chi connectivity index (χ0) is 15.5. The van der Waals surface area contributed by atoms with Crippen molar-refractivity contribution in [1.29, 1.82) is 0 Å². The van der Waals surface area contributed by atoms with Gasteiger partial charge in [-0.1, -0.05) is 12.1 Å². The van der Waals surface area contributed by atoms with Crippen LogP contribution in [0.15, 0.2) is 24.3 Å². The third-order valence-corrected chi connectivity index (χ3v) is 4.32. The van der Waals surface area contributed by atoms with Crippen LogP contribution in [0.2, 0.25) is 0 Å². The smallest absolute Gasteiger partial charge is 0.118 e. The molecular weight excluding hydrogens is 262 g/mol. The summed E-state index contributed by atoms with van der Waals surface area (Å²) in [5.41, 5.74) is 7.78. The lowest BCUT2D eigenvalue weighted by molar-refractivity contribution is 0.0598. The minimum atomic E-state index is 0.0668. The molecule has 0 radical (unpaired) electrons. The first-order valence-corrected chi connectivity index (χ1v) is 7.77. The summed E-state index contributed by atoms with van der Waals surface area (Å²) in [7, 11) is 1.68. The second kappa shape index (κ2) is 6.77. The van der Waals surface area contributed by atoms with Gasteiger partial charge in [0.05, 0.1) is 7.11 Å². The van der Waals surface area contributed by atoms with Gasteiger partial charge in [-0.15, -0.1) is 0 Å². The van der Waals surface area contributed by atoms with E-state index in [2.05, 4.69) is 42.7 Å². The van der Waals surface area contributed by atoms with Crippen molar-refractivity contribution < 1.29 is 4.74 Å². The van der Waals surface area contributed by atoms with Crippen LogP contribution in [-0.4, -0.2) is 55.2 Å². The van der Waals surface area contributed by atoms with Gasteiger partial charge in [-0.05, 0) is 38.5 Å². The lowest BCUT2D eigenvalue weighted by Gasteiger charge is -2.42. The molecule has 0 spiro atoms. The Balaban J connectivity index is 1.85. The summed E-state index contributed by atoms with van der Waals surface area (Å²) in [4.78, 5) is 5.01. The first kappa shape index (κ1) is 16.3. The van der Waals surface area contributed by atoms with Gasteiger partial charge in [0.25, 0.3) is 0 Å². The number of hydrogen-bond donors (Lipinski definition) is 1. The summed E-state index contributed by atoms with van der Waals surface area (Å²) >= 11 is 0. The molecule has 1 fully saturated rings. The summed E-state index contributed by atoms with van der Waals surface area (Å²) in [6.07, 6.45) is 0. The molecule has 1 heterocycles.